The van der Waals surface area contributed by atoms with Gasteiger partial charge in [-0.05, 0) is 32.8 Å². The van der Waals surface area contributed by atoms with Gasteiger partial charge in [0.2, 0.25) is 0 Å². The number of piperidine rings is 1. The smallest absolute Gasteiger partial charge is 0.410 e. The van der Waals surface area contributed by atoms with Crippen LogP contribution in [0, 0.1) is 0 Å². The van der Waals surface area contributed by atoms with E-state index >= 15 is 0 Å². The minimum absolute atomic E-state index is 0.0729. The van der Waals surface area contributed by atoms with Crippen molar-refractivity contribution in [3.05, 3.63) is 35.9 Å². The molecule has 3 rings (SSSR count). The first-order valence-corrected chi connectivity index (χ1v) is 8.80. The predicted octanol–water partition coefficient (Wildman–Crippen LogP) is 2.90. The number of rotatable bonds is 2. The molecular weight excluding hydrogens is 304 g/mol. The zero-order valence-electron chi connectivity index (χ0n) is 14.9. The van der Waals surface area contributed by atoms with Crippen LogP contribution in [0.25, 0.3) is 0 Å². The fourth-order valence-electron chi connectivity index (χ4n) is 3.48. The Morgan fingerprint density at radius 2 is 2.00 bits per heavy atom. The van der Waals surface area contributed by atoms with Crippen LogP contribution in [-0.2, 0) is 16.0 Å². The van der Waals surface area contributed by atoms with E-state index in [0.717, 1.165) is 32.7 Å². The molecule has 0 aromatic heterocycles. The lowest BCUT2D eigenvalue weighted by Gasteiger charge is -2.46. The first-order chi connectivity index (χ1) is 11.4. The lowest BCUT2D eigenvalue weighted by Crippen LogP contribution is -2.60. The summed E-state index contributed by atoms with van der Waals surface area (Å²) in [4.78, 5) is 16.6. The summed E-state index contributed by atoms with van der Waals surface area (Å²) < 4.78 is 11.5. The van der Waals surface area contributed by atoms with Crippen molar-refractivity contribution in [3.8, 4) is 0 Å². The van der Waals surface area contributed by atoms with Crippen molar-refractivity contribution >= 4 is 6.09 Å². The molecule has 2 fully saturated rings. The summed E-state index contributed by atoms with van der Waals surface area (Å²) in [5.41, 5.74) is 0.869. The highest BCUT2D eigenvalue weighted by atomic mass is 16.6. The molecule has 2 aliphatic heterocycles. The monoisotopic (exact) mass is 332 g/mol. The Morgan fingerprint density at radius 1 is 1.25 bits per heavy atom. The van der Waals surface area contributed by atoms with Gasteiger partial charge >= 0.3 is 6.09 Å². The van der Waals surface area contributed by atoms with Gasteiger partial charge in [-0.1, -0.05) is 30.3 Å². The topological polar surface area (TPSA) is 42.0 Å². The maximum atomic E-state index is 12.3. The van der Waals surface area contributed by atoms with Crippen molar-refractivity contribution < 1.29 is 14.3 Å². The number of carbonyl (C=O) groups excluding carboxylic acids is 1. The van der Waals surface area contributed by atoms with Gasteiger partial charge in [0.25, 0.3) is 0 Å². The standard InChI is InChI=1S/C19H28N2O3/c1-19(2,3)24-18(22)21-10-9-16-17(14-21)23-12-11-20(16)13-15-7-5-4-6-8-15/h4-8,16-17H,9-14H2,1-3H3/t16-,17+/m0/s1. The minimum atomic E-state index is -0.458. The highest BCUT2D eigenvalue weighted by Crippen LogP contribution is 2.26. The molecule has 2 saturated heterocycles. The van der Waals surface area contributed by atoms with E-state index in [2.05, 4.69) is 29.2 Å². The molecule has 0 unspecified atom stereocenters. The van der Waals surface area contributed by atoms with Crippen LogP contribution in [0.5, 0.6) is 0 Å². The Kier molecular flexibility index (Phi) is 5.11. The fraction of sp³-hybridized carbons (Fsp3) is 0.632. The molecular formula is C19H28N2O3. The van der Waals surface area contributed by atoms with Crippen LogP contribution >= 0.6 is 0 Å². The molecule has 5 nitrogen and oxygen atoms in total. The van der Waals surface area contributed by atoms with Crippen LogP contribution < -0.4 is 0 Å². The highest BCUT2D eigenvalue weighted by Gasteiger charge is 2.39. The summed E-state index contributed by atoms with van der Waals surface area (Å²) in [6, 6.07) is 10.9. The Labute approximate surface area is 144 Å². The molecule has 0 spiro atoms. The molecule has 1 aromatic carbocycles. The number of hydrogen-bond donors (Lipinski definition) is 0. The van der Waals surface area contributed by atoms with E-state index in [1.165, 1.54) is 5.56 Å². The van der Waals surface area contributed by atoms with Crippen molar-refractivity contribution in [2.24, 2.45) is 0 Å². The number of likely N-dealkylation sites (tertiary alicyclic amines) is 1. The van der Waals surface area contributed by atoms with E-state index in [9.17, 15) is 4.79 Å². The molecule has 0 N–H and O–H groups in total. The zero-order chi connectivity index (χ0) is 17.2. The molecule has 2 atom stereocenters. The van der Waals surface area contributed by atoms with Gasteiger partial charge in [0, 0.05) is 25.7 Å². The number of morpholine rings is 1. The Hall–Kier alpha value is -1.59. The average Bonchev–Trinajstić information content (AvgIpc) is 2.54. The lowest BCUT2D eigenvalue weighted by molar-refractivity contribution is -0.107. The van der Waals surface area contributed by atoms with E-state index in [0.29, 0.717) is 12.6 Å². The van der Waals surface area contributed by atoms with Gasteiger partial charge in [-0.2, -0.15) is 0 Å². The lowest BCUT2D eigenvalue weighted by atomic mass is 9.98. The normalized spacial score (nSPS) is 25.2. The van der Waals surface area contributed by atoms with Gasteiger partial charge in [-0.3, -0.25) is 4.90 Å². The molecule has 1 amide bonds. The van der Waals surface area contributed by atoms with E-state index in [1.807, 2.05) is 26.8 Å². The van der Waals surface area contributed by atoms with Gasteiger partial charge in [0.15, 0.2) is 0 Å². The molecule has 5 heteroatoms. The number of carbonyl (C=O) groups is 1. The maximum Gasteiger partial charge on any atom is 0.410 e. The molecule has 24 heavy (non-hydrogen) atoms. The Bertz CT molecular complexity index is 555. The molecule has 0 radical (unpaired) electrons. The van der Waals surface area contributed by atoms with Crippen molar-refractivity contribution in [2.75, 3.05) is 26.2 Å². The van der Waals surface area contributed by atoms with Crippen LogP contribution in [0.1, 0.15) is 32.8 Å². The van der Waals surface area contributed by atoms with Crippen molar-refractivity contribution in [1.82, 2.24) is 9.80 Å². The first-order valence-electron chi connectivity index (χ1n) is 8.80. The summed E-state index contributed by atoms with van der Waals surface area (Å²) in [7, 11) is 0. The number of benzene rings is 1. The van der Waals surface area contributed by atoms with Gasteiger partial charge in [-0.15, -0.1) is 0 Å². The van der Waals surface area contributed by atoms with Crippen LogP contribution in [-0.4, -0.2) is 59.9 Å². The molecule has 132 valence electrons. The maximum absolute atomic E-state index is 12.3. The Balaban J connectivity index is 1.60. The van der Waals surface area contributed by atoms with Crippen LogP contribution in [0.15, 0.2) is 30.3 Å². The van der Waals surface area contributed by atoms with E-state index in [4.69, 9.17) is 9.47 Å². The second kappa shape index (κ2) is 7.11. The van der Waals surface area contributed by atoms with Crippen molar-refractivity contribution in [2.45, 2.75) is 51.5 Å². The summed E-state index contributed by atoms with van der Waals surface area (Å²) in [5.74, 6) is 0. The number of amides is 1. The van der Waals surface area contributed by atoms with Crippen molar-refractivity contribution in [1.29, 1.82) is 0 Å². The third kappa shape index (κ3) is 4.28. The summed E-state index contributed by atoms with van der Waals surface area (Å²) in [6.07, 6.45) is 0.768. The van der Waals surface area contributed by atoms with E-state index in [1.54, 1.807) is 4.90 Å². The third-order valence-corrected chi connectivity index (χ3v) is 4.58. The molecule has 0 bridgehead atoms. The summed E-state index contributed by atoms with van der Waals surface area (Å²) >= 11 is 0. The molecule has 1 aromatic rings. The van der Waals surface area contributed by atoms with Gasteiger partial charge in [-0.25, -0.2) is 4.79 Å². The summed E-state index contributed by atoms with van der Waals surface area (Å²) in [5, 5.41) is 0. The first kappa shape index (κ1) is 17.2. The molecule has 2 heterocycles. The quantitative estimate of drug-likeness (QED) is 0.835. The van der Waals surface area contributed by atoms with Crippen LogP contribution in [0.4, 0.5) is 4.79 Å². The number of hydrogen-bond acceptors (Lipinski definition) is 4. The van der Waals surface area contributed by atoms with Crippen LogP contribution in [0.2, 0.25) is 0 Å². The number of ether oxygens (including phenoxy) is 2. The summed E-state index contributed by atoms with van der Waals surface area (Å²) in [6.45, 7) is 9.65. The minimum Gasteiger partial charge on any atom is -0.444 e. The SMILES string of the molecule is CC(C)(C)OC(=O)N1CC[C@H]2[C@@H](C1)OCCN2Cc1ccccc1. The number of nitrogens with zero attached hydrogens (tertiary/aromatic N) is 2. The van der Waals surface area contributed by atoms with Gasteiger partial charge < -0.3 is 14.4 Å². The van der Waals surface area contributed by atoms with Gasteiger partial charge in [0.05, 0.1) is 19.3 Å². The molecule has 0 aliphatic carbocycles. The van der Waals surface area contributed by atoms with Crippen LogP contribution in [0.3, 0.4) is 0 Å². The fourth-order valence-corrected chi connectivity index (χ4v) is 3.48. The molecule has 0 saturated carbocycles. The van der Waals surface area contributed by atoms with Gasteiger partial charge in [0.1, 0.15) is 5.60 Å². The largest absolute Gasteiger partial charge is 0.444 e. The highest BCUT2D eigenvalue weighted by molar-refractivity contribution is 5.68. The van der Waals surface area contributed by atoms with Crippen molar-refractivity contribution in [3.63, 3.8) is 0 Å². The zero-order valence-corrected chi connectivity index (χ0v) is 14.9. The second-order valence-electron chi connectivity index (χ2n) is 7.65. The number of fused-ring (bicyclic) bond motifs is 1. The molecule has 2 aliphatic rings. The average molecular weight is 332 g/mol. The Morgan fingerprint density at radius 3 is 2.71 bits per heavy atom. The predicted molar refractivity (Wildman–Crippen MR) is 92.8 cm³/mol. The third-order valence-electron chi connectivity index (χ3n) is 4.58. The van der Waals surface area contributed by atoms with E-state index in [-0.39, 0.29) is 12.2 Å². The van der Waals surface area contributed by atoms with E-state index < -0.39 is 5.60 Å². The second-order valence-corrected chi connectivity index (χ2v) is 7.65.